The Morgan fingerprint density at radius 3 is 1.37 bits per heavy atom. The van der Waals surface area contributed by atoms with Gasteiger partial charge in [-0.1, -0.05) is 227 Å². The zero-order chi connectivity index (χ0) is 49.2. The molecular formula is C58H106N2O6P+. The van der Waals surface area contributed by atoms with Crippen LogP contribution in [0.25, 0.3) is 0 Å². The summed E-state index contributed by atoms with van der Waals surface area (Å²) in [4.78, 5) is 23.3. The zero-order valence-electron chi connectivity index (χ0n) is 44.1. The molecule has 9 heteroatoms. The number of nitrogens with zero attached hydrogens (tertiary/aromatic N) is 1. The molecule has 0 aliphatic rings. The average Bonchev–Trinajstić information content (AvgIpc) is 3.29. The molecular weight excluding hydrogens is 852 g/mol. The summed E-state index contributed by atoms with van der Waals surface area (Å²) < 4.78 is 23.6. The lowest BCUT2D eigenvalue weighted by molar-refractivity contribution is -0.870. The van der Waals surface area contributed by atoms with Crippen LogP contribution in [0.2, 0.25) is 0 Å². The van der Waals surface area contributed by atoms with Gasteiger partial charge in [0.1, 0.15) is 13.2 Å². The molecule has 0 rings (SSSR count). The molecule has 0 aliphatic heterocycles. The van der Waals surface area contributed by atoms with Crippen LogP contribution in [0.15, 0.2) is 85.1 Å². The van der Waals surface area contributed by atoms with E-state index in [1.165, 1.54) is 135 Å². The van der Waals surface area contributed by atoms with Crippen LogP contribution in [0.5, 0.6) is 0 Å². The number of carbonyl (C=O) groups excluding carboxylic acids is 1. The van der Waals surface area contributed by atoms with Gasteiger partial charge >= 0.3 is 7.82 Å². The fraction of sp³-hybridized carbons (Fsp3) is 0.741. The summed E-state index contributed by atoms with van der Waals surface area (Å²) in [6.07, 6.45) is 68.2. The normalized spacial score (nSPS) is 14.7. The van der Waals surface area contributed by atoms with E-state index in [-0.39, 0.29) is 19.1 Å². The van der Waals surface area contributed by atoms with Crippen LogP contribution in [0.3, 0.4) is 0 Å². The highest BCUT2D eigenvalue weighted by Gasteiger charge is 2.27. The van der Waals surface area contributed by atoms with Crippen molar-refractivity contribution < 1.29 is 32.9 Å². The van der Waals surface area contributed by atoms with Gasteiger partial charge in [-0.3, -0.25) is 13.8 Å². The highest BCUT2D eigenvalue weighted by atomic mass is 31.2. The van der Waals surface area contributed by atoms with Gasteiger partial charge in [-0.05, 0) is 77.0 Å². The van der Waals surface area contributed by atoms with Gasteiger partial charge in [-0.2, -0.15) is 0 Å². The second kappa shape index (κ2) is 48.7. The van der Waals surface area contributed by atoms with Crippen LogP contribution in [-0.4, -0.2) is 73.4 Å². The van der Waals surface area contributed by atoms with E-state index in [0.29, 0.717) is 17.4 Å². The number of allylic oxidation sites excluding steroid dienone is 13. The number of hydrogen-bond acceptors (Lipinski definition) is 5. The first-order chi connectivity index (χ1) is 32.5. The van der Waals surface area contributed by atoms with E-state index in [4.69, 9.17) is 9.05 Å². The van der Waals surface area contributed by atoms with Crippen LogP contribution >= 0.6 is 7.82 Å². The SMILES string of the molecule is CC/C=C\C/C=C\C/C=C\C/C=C\C/C=C\CCCCCCCCCCCCCCCC(=O)NC(COP(=O)(O)OCC[N+](C)(C)C)C(O)/C=C/CC/C=C/CCCCCCCCCCCC. The van der Waals surface area contributed by atoms with E-state index >= 15 is 0 Å². The Bertz CT molecular complexity index is 1360. The number of aliphatic hydroxyl groups is 1. The third-order valence-corrected chi connectivity index (χ3v) is 12.8. The van der Waals surface area contributed by atoms with E-state index in [2.05, 4.69) is 92.1 Å². The summed E-state index contributed by atoms with van der Waals surface area (Å²) in [6.45, 7) is 4.68. The lowest BCUT2D eigenvalue weighted by Gasteiger charge is -2.25. The topological polar surface area (TPSA) is 105 Å². The van der Waals surface area contributed by atoms with E-state index in [0.717, 1.165) is 70.6 Å². The molecule has 3 unspecified atom stereocenters. The minimum atomic E-state index is -4.36. The Kier molecular flexibility index (Phi) is 47.0. The molecule has 388 valence electrons. The Morgan fingerprint density at radius 1 is 0.522 bits per heavy atom. The molecule has 0 fully saturated rings. The highest BCUT2D eigenvalue weighted by Crippen LogP contribution is 2.43. The molecule has 0 bridgehead atoms. The molecule has 67 heavy (non-hydrogen) atoms. The quantitative estimate of drug-likeness (QED) is 0.0243. The smallest absolute Gasteiger partial charge is 0.387 e. The first-order valence-electron chi connectivity index (χ1n) is 27.5. The number of amides is 1. The predicted octanol–water partition coefficient (Wildman–Crippen LogP) is 16.5. The van der Waals surface area contributed by atoms with Crippen LogP contribution in [-0.2, 0) is 18.4 Å². The second-order valence-electron chi connectivity index (χ2n) is 19.6. The lowest BCUT2D eigenvalue weighted by atomic mass is 10.0. The summed E-state index contributed by atoms with van der Waals surface area (Å²) in [6, 6.07) is -0.868. The third-order valence-electron chi connectivity index (χ3n) is 11.8. The Labute approximate surface area is 414 Å². The van der Waals surface area contributed by atoms with E-state index < -0.39 is 20.0 Å². The van der Waals surface area contributed by atoms with Crippen molar-refractivity contribution in [3.63, 3.8) is 0 Å². The van der Waals surface area contributed by atoms with Crippen molar-refractivity contribution in [2.75, 3.05) is 40.9 Å². The second-order valence-corrected chi connectivity index (χ2v) is 21.0. The van der Waals surface area contributed by atoms with Gasteiger partial charge in [0.25, 0.3) is 0 Å². The molecule has 3 atom stereocenters. The Hall–Kier alpha value is -2.32. The number of hydrogen-bond donors (Lipinski definition) is 3. The van der Waals surface area contributed by atoms with Crippen molar-refractivity contribution in [2.24, 2.45) is 0 Å². The number of phosphoric acid groups is 1. The summed E-state index contributed by atoms with van der Waals surface area (Å²) in [5.41, 5.74) is 0. The summed E-state index contributed by atoms with van der Waals surface area (Å²) in [5, 5.41) is 13.9. The number of aliphatic hydroxyl groups excluding tert-OH is 1. The monoisotopic (exact) mass is 958 g/mol. The maximum Gasteiger partial charge on any atom is 0.472 e. The fourth-order valence-electron chi connectivity index (χ4n) is 7.55. The van der Waals surface area contributed by atoms with Gasteiger partial charge in [-0.25, -0.2) is 4.57 Å². The number of phosphoric ester groups is 1. The van der Waals surface area contributed by atoms with E-state index in [1.807, 2.05) is 27.2 Å². The molecule has 0 saturated carbocycles. The van der Waals surface area contributed by atoms with Gasteiger partial charge in [0, 0.05) is 6.42 Å². The van der Waals surface area contributed by atoms with Crippen molar-refractivity contribution in [1.29, 1.82) is 0 Å². The molecule has 0 spiro atoms. The number of rotatable bonds is 49. The molecule has 3 N–H and O–H groups in total. The molecule has 0 radical (unpaired) electrons. The highest BCUT2D eigenvalue weighted by molar-refractivity contribution is 7.47. The summed E-state index contributed by atoms with van der Waals surface area (Å²) in [5.74, 6) is -0.191. The molecule has 0 aromatic carbocycles. The van der Waals surface area contributed by atoms with Crippen molar-refractivity contribution in [2.45, 2.75) is 238 Å². The minimum absolute atomic E-state index is 0.0530. The molecule has 1 amide bonds. The van der Waals surface area contributed by atoms with Crippen molar-refractivity contribution in [3.05, 3.63) is 85.1 Å². The van der Waals surface area contributed by atoms with Gasteiger partial charge in [0.05, 0.1) is 39.9 Å². The Morgan fingerprint density at radius 2 is 0.910 bits per heavy atom. The number of nitrogens with one attached hydrogen (secondary N) is 1. The van der Waals surface area contributed by atoms with E-state index in [9.17, 15) is 19.4 Å². The first kappa shape index (κ1) is 64.7. The summed E-state index contributed by atoms with van der Waals surface area (Å²) in [7, 11) is 1.55. The molecule has 0 heterocycles. The summed E-state index contributed by atoms with van der Waals surface area (Å²) >= 11 is 0. The standard InChI is InChI=1S/C58H105N2O6P/c1-6-8-10-12-14-16-18-20-22-24-25-26-27-28-29-30-31-32-33-34-35-36-38-40-42-44-46-48-50-52-58(62)59-56(55-66-67(63,64)65-54-53-60(3,4)5)57(61)51-49-47-45-43-41-39-37-23-21-19-17-15-13-11-9-7-2/h8,10,14,16,20,22,25-26,28-29,41,43,49,51,56-57,61H,6-7,9,11-13,15,17-19,21,23-24,27,30-40,42,44-48,50,52-55H2,1-5H3,(H-,59,62,63,64)/p+1/b10-8-,16-14-,22-20-,26-25-,29-28-,43-41+,51-49+. The molecule has 8 nitrogen and oxygen atoms in total. The van der Waals surface area contributed by atoms with Gasteiger partial charge < -0.3 is 19.8 Å². The van der Waals surface area contributed by atoms with Crippen LogP contribution in [0.4, 0.5) is 0 Å². The zero-order valence-corrected chi connectivity index (χ0v) is 45.0. The van der Waals surface area contributed by atoms with Crippen molar-refractivity contribution in [3.8, 4) is 0 Å². The molecule has 0 aliphatic carbocycles. The van der Waals surface area contributed by atoms with Gasteiger partial charge in [0.15, 0.2) is 0 Å². The average molecular weight is 958 g/mol. The maximum atomic E-state index is 13.0. The van der Waals surface area contributed by atoms with E-state index in [1.54, 1.807) is 6.08 Å². The van der Waals surface area contributed by atoms with Gasteiger partial charge in [-0.15, -0.1) is 0 Å². The molecule has 0 aromatic heterocycles. The number of likely N-dealkylation sites (N-methyl/N-ethyl adjacent to an activating group) is 1. The maximum absolute atomic E-state index is 13.0. The largest absolute Gasteiger partial charge is 0.472 e. The Balaban J connectivity index is 4.22. The third kappa shape index (κ3) is 51.4. The van der Waals surface area contributed by atoms with Gasteiger partial charge in [0.2, 0.25) is 5.91 Å². The fourth-order valence-corrected chi connectivity index (χ4v) is 8.29. The van der Waals surface area contributed by atoms with Crippen molar-refractivity contribution >= 4 is 13.7 Å². The minimum Gasteiger partial charge on any atom is -0.387 e. The molecule has 0 aromatic rings. The number of quaternary nitrogens is 1. The predicted molar refractivity (Wildman–Crippen MR) is 290 cm³/mol. The first-order valence-corrected chi connectivity index (χ1v) is 29.0. The van der Waals surface area contributed by atoms with Crippen LogP contribution in [0.1, 0.15) is 226 Å². The van der Waals surface area contributed by atoms with Crippen LogP contribution in [0, 0.1) is 0 Å². The number of unbranched alkanes of at least 4 members (excludes halogenated alkanes) is 24. The lowest BCUT2D eigenvalue weighted by Crippen LogP contribution is -2.45. The van der Waals surface area contributed by atoms with Crippen molar-refractivity contribution in [1.82, 2.24) is 5.32 Å². The van der Waals surface area contributed by atoms with Crippen LogP contribution < -0.4 is 5.32 Å². The molecule has 0 saturated heterocycles. The number of carbonyl (C=O) groups is 1.